The number of carbonyl (C=O) groups excluding carboxylic acids is 4. The van der Waals surface area contributed by atoms with Gasteiger partial charge in [0, 0.05) is 31.5 Å². The molecule has 2 heterocycles. The molecule has 0 aromatic heterocycles. The molecule has 168 valence electrons. The van der Waals surface area contributed by atoms with E-state index in [0.717, 1.165) is 0 Å². The number of nitrogens with zero attached hydrogens (tertiary/aromatic N) is 3. The van der Waals surface area contributed by atoms with Crippen molar-refractivity contribution in [1.82, 2.24) is 15.1 Å². The molecule has 1 fully saturated rings. The topological polar surface area (TPSA) is 90.0 Å². The molecule has 1 atom stereocenters. The predicted octanol–water partition coefficient (Wildman–Crippen LogP) is 2.14. The lowest BCUT2D eigenvalue weighted by Crippen LogP contribution is -2.62. The molecule has 0 bridgehead atoms. The third-order valence-electron chi connectivity index (χ3n) is 5.88. The maximum atomic E-state index is 13.3. The molecule has 0 aliphatic carbocycles. The van der Waals surface area contributed by atoms with E-state index in [4.69, 9.17) is 0 Å². The fourth-order valence-electron chi connectivity index (χ4n) is 4.41. The lowest BCUT2D eigenvalue weighted by atomic mass is 9.98. The number of rotatable bonds is 6. The molecule has 2 aliphatic rings. The predicted molar refractivity (Wildman–Crippen MR) is 117 cm³/mol. The minimum atomic E-state index is -0.788. The monoisotopic (exact) mass is 428 g/mol. The van der Waals surface area contributed by atoms with Gasteiger partial charge >= 0.3 is 0 Å². The van der Waals surface area contributed by atoms with Crippen LogP contribution in [0.5, 0.6) is 0 Å². The summed E-state index contributed by atoms with van der Waals surface area (Å²) in [5.41, 5.74) is -0.0578. The van der Waals surface area contributed by atoms with Gasteiger partial charge in [0.25, 0.3) is 5.91 Å². The molecule has 0 radical (unpaired) electrons. The standard InChI is InChI=1S/C23H32N4O4/c1-6-25(15-18(28)24-22(2,3)4)19(29)12-14-26-21(31)16-9-7-8-10-17(16)27-20(30)11-13-23(26,27)5/h7-10H,6,11-15H2,1-5H3,(H,24,28). The van der Waals surface area contributed by atoms with Gasteiger partial charge in [-0.15, -0.1) is 0 Å². The van der Waals surface area contributed by atoms with E-state index in [2.05, 4.69) is 5.32 Å². The summed E-state index contributed by atoms with van der Waals surface area (Å²) in [6, 6.07) is 7.10. The normalized spacial score (nSPS) is 20.4. The number of hydrogen-bond donors (Lipinski definition) is 1. The smallest absolute Gasteiger partial charge is 0.257 e. The van der Waals surface area contributed by atoms with E-state index >= 15 is 0 Å². The zero-order chi connectivity index (χ0) is 23.0. The van der Waals surface area contributed by atoms with Crippen molar-refractivity contribution in [1.29, 1.82) is 0 Å². The van der Waals surface area contributed by atoms with Gasteiger partial charge in [0.1, 0.15) is 5.66 Å². The van der Waals surface area contributed by atoms with Crippen molar-refractivity contribution in [2.45, 2.75) is 65.1 Å². The van der Waals surface area contributed by atoms with Crippen molar-refractivity contribution in [2.75, 3.05) is 24.5 Å². The SMILES string of the molecule is CCN(CC(=O)NC(C)(C)C)C(=O)CCN1C(=O)c2ccccc2N2C(=O)CCC12C. The summed E-state index contributed by atoms with van der Waals surface area (Å²) in [6.45, 7) is 9.92. The van der Waals surface area contributed by atoms with Crippen LogP contribution in [0.4, 0.5) is 5.69 Å². The number of nitrogens with one attached hydrogen (secondary N) is 1. The Labute approximate surface area is 183 Å². The highest BCUT2D eigenvalue weighted by Crippen LogP contribution is 2.43. The molecule has 0 saturated carbocycles. The van der Waals surface area contributed by atoms with Gasteiger partial charge in [-0.2, -0.15) is 0 Å². The van der Waals surface area contributed by atoms with Crippen molar-refractivity contribution in [3.8, 4) is 0 Å². The number of para-hydroxylation sites is 1. The van der Waals surface area contributed by atoms with Crippen LogP contribution in [0.2, 0.25) is 0 Å². The van der Waals surface area contributed by atoms with Crippen LogP contribution in [0.3, 0.4) is 0 Å². The average Bonchev–Trinajstić information content (AvgIpc) is 2.99. The van der Waals surface area contributed by atoms with Gasteiger partial charge in [0.05, 0.1) is 17.8 Å². The number of benzene rings is 1. The van der Waals surface area contributed by atoms with Crippen LogP contribution >= 0.6 is 0 Å². The fraction of sp³-hybridized carbons (Fsp3) is 0.565. The molecule has 1 aromatic carbocycles. The van der Waals surface area contributed by atoms with Crippen LogP contribution < -0.4 is 10.2 Å². The molecule has 31 heavy (non-hydrogen) atoms. The summed E-state index contributed by atoms with van der Waals surface area (Å²) in [5.74, 6) is -0.610. The summed E-state index contributed by atoms with van der Waals surface area (Å²) >= 11 is 0. The first-order valence-corrected chi connectivity index (χ1v) is 10.8. The minimum Gasteiger partial charge on any atom is -0.350 e. The second-order valence-electron chi connectivity index (χ2n) is 9.38. The van der Waals surface area contributed by atoms with Crippen LogP contribution in [0.25, 0.3) is 0 Å². The van der Waals surface area contributed by atoms with Gasteiger partial charge in [0.2, 0.25) is 17.7 Å². The number of amides is 4. The van der Waals surface area contributed by atoms with Crippen LogP contribution in [0, 0.1) is 0 Å². The molecule has 8 nitrogen and oxygen atoms in total. The van der Waals surface area contributed by atoms with Gasteiger partial charge in [-0.25, -0.2) is 0 Å². The first-order valence-electron chi connectivity index (χ1n) is 10.8. The average molecular weight is 429 g/mol. The Kier molecular flexibility index (Phi) is 6.11. The third-order valence-corrected chi connectivity index (χ3v) is 5.88. The van der Waals surface area contributed by atoms with Crippen molar-refractivity contribution in [2.24, 2.45) is 0 Å². The van der Waals surface area contributed by atoms with Crippen LogP contribution in [-0.4, -0.2) is 64.3 Å². The number of likely N-dealkylation sites (N-methyl/N-ethyl adjacent to an activating group) is 1. The highest BCUT2D eigenvalue weighted by Gasteiger charge is 2.52. The van der Waals surface area contributed by atoms with E-state index < -0.39 is 5.66 Å². The zero-order valence-corrected chi connectivity index (χ0v) is 19.0. The molecular weight excluding hydrogens is 396 g/mol. The lowest BCUT2D eigenvalue weighted by molar-refractivity contribution is -0.136. The highest BCUT2D eigenvalue weighted by atomic mass is 16.2. The molecule has 3 rings (SSSR count). The van der Waals surface area contributed by atoms with Crippen molar-refractivity contribution in [3.05, 3.63) is 29.8 Å². The van der Waals surface area contributed by atoms with Crippen LogP contribution in [0.15, 0.2) is 24.3 Å². The van der Waals surface area contributed by atoms with E-state index in [9.17, 15) is 19.2 Å². The molecule has 1 saturated heterocycles. The molecule has 1 N–H and O–H groups in total. The number of fused-ring (bicyclic) bond motifs is 3. The molecule has 2 aliphatic heterocycles. The Morgan fingerprint density at radius 3 is 2.52 bits per heavy atom. The first-order chi connectivity index (χ1) is 14.5. The second kappa shape index (κ2) is 8.32. The second-order valence-corrected chi connectivity index (χ2v) is 9.38. The largest absolute Gasteiger partial charge is 0.350 e. The number of hydrogen-bond acceptors (Lipinski definition) is 4. The molecule has 4 amide bonds. The lowest BCUT2D eigenvalue weighted by Gasteiger charge is -2.48. The Bertz CT molecular complexity index is 907. The van der Waals surface area contributed by atoms with Gasteiger partial charge in [-0.1, -0.05) is 12.1 Å². The maximum absolute atomic E-state index is 13.3. The van der Waals surface area contributed by atoms with Gasteiger partial charge < -0.3 is 15.1 Å². The molecule has 8 heteroatoms. The van der Waals surface area contributed by atoms with E-state index in [0.29, 0.717) is 30.6 Å². The maximum Gasteiger partial charge on any atom is 0.257 e. The third kappa shape index (κ3) is 4.43. The molecular formula is C23H32N4O4. The van der Waals surface area contributed by atoms with E-state index in [1.54, 1.807) is 28.0 Å². The Morgan fingerprint density at radius 1 is 1.19 bits per heavy atom. The zero-order valence-electron chi connectivity index (χ0n) is 19.0. The van der Waals surface area contributed by atoms with E-state index in [1.807, 2.05) is 40.7 Å². The molecule has 1 aromatic rings. The Hall–Kier alpha value is -2.90. The highest BCUT2D eigenvalue weighted by molar-refractivity contribution is 6.10. The first kappa shape index (κ1) is 22.8. The van der Waals surface area contributed by atoms with Crippen molar-refractivity contribution >= 4 is 29.3 Å². The number of carbonyl (C=O) groups is 4. The summed E-state index contributed by atoms with van der Waals surface area (Å²) < 4.78 is 0. The van der Waals surface area contributed by atoms with Crippen molar-refractivity contribution < 1.29 is 19.2 Å². The summed E-state index contributed by atoms with van der Waals surface area (Å²) in [4.78, 5) is 55.8. The fourth-order valence-corrected chi connectivity index (χ4v) is 4.41. The Morgan fingerprint density at radius 2 is 1.87 bits per heavy atom. The van der Waals surface area contributed by atoms with Gasteiger partial charge in [-0.05, 0) is 53.2 Å². The van der Waals surface area contributed by atoms with Crippen LogP contribution in [-0.2, 0) is 14.4 Å². The quantitative estimate of drug-likeness (QED) is 0.752. The van der Waals surface area contributed by atoms with Crippen LogP contribution in [0.1, 0.15) is 64.2 Å². The molecule has 0 spiro atoms. The Balaban J connectivity index is 1.74. The summed E-state index contributed by atoms with van der Waals surface area (Å²) in [5, 5.41) is 2.86. The number of anilines is 1. The van der Waals surface area contributed by atoms with E-state index in [1.165, 1.54) is 4.90 Å². The van der Waals surface area contributed by atoms with Gasteiger partial charge in [0.15, 0.2) is 0 Å². The summed E-state index contributed by atoms with van der Waals surface area (Å²) in [6.07, 6.45) is 0.963. The van der Waals surface area contributed by atoms with E-state index in [-0.39, 0.29) is 48.7 Å². The molecule has 1 unspecified atom stereocenters. The summed E-state index contributed by atoms with van der Waals surface area (Å²) in [7, 11) is 0. The van der Waals surface area contributed by atoms with Crippen molar-refractivity contribution in [3.63, 3.8) is 0 Å². The van der Waals surface area contributed by atoms with Gasteiger partial charge in [-0.3, -0.25) is 24.1 Å². The minimum absolute atomic E-state index is 0.0205.